The molecule has 0 fully saturated rings. The summed E-state index contributed by atoms with van der Waals surface area (Å²) in [6, 6.07) is 8.44. The zero-order valence-electron chi connectivity index (χ0n) is 16.3. The molecule has 3 aromatic rings. The largest absolute Gasteiger partial charge is 0.433 e. The van der Waals surface area contributed by atoms with Crippen LogP contribution in [0.4, 0.5) is 13.2 Å². The van der Waals surface area contributed by atoms with Crippen molar-refractivity contribution in [2.75, 3.05) is 0 Å². The lowest BCUT2D eigenvalue weighted by Crippen LogP contribution is -2.18. The van der Waals surface area contributed by atoms with Crippen LogP contribution in [0.1, 0.15) is 37.9 Å². The van der Waals surface area contributed by atoms with Crippen LogP contribution in [-0.2, 0) is 24.4 Å². The second-order valence-electron chi connectivity index (χ2n) is 7.56. The first-order valence-electron chi connectivity index (χ1n) is 8.75. The Morgan fingerprint density at radius 3 is 2.34 bits per heavy atom. The van der Waals surface area contributed by atoms with Crippen molar-refractivity contribution in [1.82, 2.24) is 24.7 Å². The van der Waals surface area contributed by atoms with E-state index in [2.05, 4.69) is 40.9 Å². The van der Waals surface area contributed by atoms with E-state index < -0.39 is 17.4 Å². The standard InChI is InChI=1S/C19H20F3N5OS/c1-18(2,3)12-7-5-11(6-8-12)16-25-26-17(27(16)4)29-10-14-23-13(19(20,21)22)9-15(28)24-14/h5-9H,10H2,1-4H3,(H,23,24,28). The SMILES string of the molecule is Cn1c(SCc2nc(C(F)(F)F)cc(=O)[nH]2)nnc1-c1ccc(C(C)(C)C)cc1. The van der Waals surface area contributed by atoms with Crippen molar-refractivity contribution in [1.29, 1.82) is 0 Å². The van der Waals surface area contributed by atoms with Crippen molar-refractivity contribution >= 4 is 11.8 Å². The number of nitrogens with one attached hydrogen (secondary N) is 1. The van der Waals surface area contributed by atoms with Gasteiger partial charge in [-0.2, -0.15) is 13.2 Å². The molecule has 0 unspecified atom stereocenters. The van der Waals surface area contributed by atoms with Crippen LogP contribution in [0.25, 0.3) is 11.4 Å². The fraction of sp³-hybridized carbons (Fsp3) is 0.368. The molecule has 10 heteroatoms. The van der Waals surface area contributed by atoms with Crippen LogP contribution >= 0.6 is 11.8 Å². The number of alkyl halides is 3. The molecule has 0 aliphatic rings. The molecule has 0 radical (unpaired) electrons. The van der Waals surface area contributed by atoms with Crippen LogP contribution in [0.2, 0.25) is 0 Å². The summed E-state index contributed by atoms with van der Waals surface area (Å²) >= 11 is 1.14. The Morgan fingerprint density at radius 1 is 1.10 bits per heavy atom. The van der Waals surface area contributed by atoms with Gasteiger partial charge < -0.3 is 9.55 Å². The summed E-state index contributed by atoms with van der Waals surface area (Å²) < 4.78 is 40.2. The van der Waals surface area contributed by atoms with Gasteiger partial charge in [0.05, 0.1) is 5.75 Å². The van der Waals surface area contributed by atoms with Crippen LogP contribution in [0.5, 0.6) is 0 Å². The van der Waals surface area contributed by atoms with E-state index in [0.29, 0.717) is 17.0 Å². The molecule has 0 bridgehead atoms. The minimum absolute atomic E-state index is 0.0219. The molecule has 0 aliphatic carbocycles. The summed E-state index contributed by atoms with van der Waals surface area (Å²) in [7, 11) is 1.78. The summed E-state index contributed by atoms with van der Waals surface area (Å²) in [5, 5.41) is 8.79. The second-order valence-corrected chi connectivity index (χ2v) is 8.50. The maximum absolute atomic E-state index is 12.8. The molecule has 0 aliphatic heterocycles. The van der Waals surface area contributed by atoms with Gasteiger partial charge >= 0.3 is 6.18 Å². The number of nitrogens with zero attached hydrogens (tertiary/aromatic N) is 4. The van der Waals surface area contributed by atoms with Crippen molar-refractivity contribution in [2.24, 2.45) is 7.05 Å². The van der Waals surface area contributed by atoms with Crippen molar-refractivity contribution in [3.05, 3.63) is 57.8 Å². The number of hydrogen-bond acceptors (Lipinski definition) is 5. The zero-order valence-corrected chi connectivity index (χ0v) is 17.1. The Labute approximate surface area is 169 Å². The number of thioether (sulfide) groups is 1. The number of H-pyrrole nitrogens is 1. The van der Waals surface area contributed by atoms with Crippen molar-refractivity contribution < 1.29 is 13.2 Å². The van der Waals surface area contributed by atoms with E-state index in [1.54, 1.807) is 11.6 Å². The lowest BCUT2D eigenvalue weighted by molar-refractivity contribution is -0.141. The summed E-state index contributed by atoms with van der Waals surface area (Å²) in [5.41, 5.74) is 0.0480. The van der Waals surface area contributed by atoms with Crippen LogP contribution in [0.3, 0.4) is 0 Å². The summed E-state index contributed by atoms with van der Waals surface area (Å²) in [6.45, 7) is 6.39. The molecular weight excluding hydrogens is 403 g/mol. The number of hydrogen-bond donors (Lipinski definition) is 1. The highest BCUT2D eigenvalue weighted by molar-refractivity contribution is 7.98. The maximum atomic E-state index is 12.8. The average molecular weight is 423 g/mol. The normalized spacial score (nSPS) is 12.4. The van der Waals surface area contributed by atoms with Crippen molar-refractivity contribution in [3.63, 3.8) is 0 Å². The minimum atomic E-state index is -4.68. The summed E-state index contributed by atoms with van der Waals surface area (Å²) in [5.74, 6) is 0.584. The molecule has 0 atom stereocenters. The van der Waals surface area contributed by atoms with E-state index in [1.807, 2.05) is 24.3 Å². The van der Waals surface area contributed by atoms with Gasteiger partial charge in [0.2, 0.25) is 0 Å². The van der Waals surface area contributed by atoms with E-state index in [1.165, 1.54) is 5.56 Å². The summed E-state index contributed by atoms with van der Waals surface area (Å²) in [6.07, 6.45) is -4.68. The van der Waals surface area contributed by atoms with Gasteiger partial charge in [-0.15, -0.1) is 10.2 Å². The fourth-order valence-electron chi connectivity index (χ4n) is 2.67. The van der Waals surface area contributed by atoms with Gasteiger partial charge in [-0.1, -0.05) is 56.8 Å². The quantitative estimate of drug-likeness (QED) is 0.638. The third kappa shape index (κ3) is 4.87. The zero-order chi connectivity index (χ0) is 21.4. The number of benzene rings is 1. The molecule has 29 heavy (non-hydrogen) atoms. The van der Waals surface area contributed by atoms with E-state index in [0.717, 1.165) is 17.3 Å². The Kier molecular flexibility index (Phi) is 5.57. The monoisotopic (exact) mass is 423 g/mol. The average Bonchev–Trinajstić information content (AvgIpc) is 2.99. The molecule has 0 spiro atoms. The van der Waals surface area contributed by atoms with Crippen molar-refractivity contribution in [2.45, 2.75) is 43.3 Å². The lowest BCUT2D eigenvalue weighted by atomic mass is 9.87. The maximum Gasteiger partial charge on any atom is 0.433 e. The van der Waals surface area contributed by atoms with E-state index >= 15 is 0 Å². The minimum Gasteiger partial charge on any atom is -0.310 e. The summed E-state index contributed by atoms with van der Waals surface area (Å²) in [4.78, 5) is 17.3. The Bertz CT molecular complexity index is 1070. The number of halogens is 3. The molecular formula is C19H20F3N5OS. The molecule has 2 heterocycles. The smallest absolute Gasteiger partial charge is 0.310 e. The van der Waals surface area contributed by atoms with E-state index in [4.69, 9.17) is 0 Å². The third-order valence-corrected chi connectivity index (χ3v) is 5.29. The first kappa shape index (κ1) is 21.1. The lowest BCUT2D eigenvalue weighted by Gasteiger charge is -2.19. The van der Waals surface area contributed by atoms with Gasteiger partial charge in [0.1, 0.15) is 5.82 Å². The highest BCUT2D eigenvalue weighted by Gasteiger charge is 2.33. The molecule has 1 aromatic carbocycles. The molecule has 154 valence electrons. The van der Waals surface area contributed by atoms with Gasteiger partial charge in [-0.3, -0.25) is 4.79 Å². The molecule has 3 rings (SSSR count). The first-order chi connectivity index (χ1) is 13.4. The third-order valence-electron chi connectivity index (χ3n) is 4.26. The van der Waals surface area contributed by atoms with E-state index in [9.17, 15) is 18.0 Å². The van der Waals surface area contributed by atoms with Crippen molar-refractivity contribution in [3.8, 4) is 11.4 Å². The van der Waals surface area contributed by atoms with Gasteiger partial charge in [-0.05, 0) is 11.0 Å². The number of rotatable bonds is 4. The highest BCUT2D eigenvalue weighted by atomic mass is 32.2. The second kappa shape index (κ2) is 7.66. The van der Waals surface area contributed by atoms with Crippen LogP contribution in [0, 0.1) is 0 Å². The predicted molar refractivity (Wildman–Crippen MR) is 105 cm³/mol. The Hall–Kier alpha value is -2.62. The highest BCUT2D eigenvalue weighted by Crippen LogP contribution is 2.29. The predicted octanol–water partition coefficient (Wildman–Crippen LogP) is 4.17. The van der Waals surface area contributed by atoms with Crippen LogP contribution < -0.4 is 5.56 Å². The van der Waals surface area contributed by atoms with Gasteiger partial charge in [0, 0.05) is 18.7 Å². The molecule has 0 saturated carbocycles. The molecule has 1 N–H and O–H groups in total. The molecule has 0 amide bonds. The van der Waals surface area contributed by atoms with Gasteiger partial charge in [-0.25, -0.2) is 4.98 Å². The topological polar surface area (TPSA) is 76.5 Å². The van der Waals surface area contributed by atoms with E-state index in [-0.39, 0.29) is 17.0 Å². The Morgan fingerprint density at radius 2 is 1.76 bits per heavy atom. The Balaban J connectivity index is 1.79. The van der Waals surface area contributed by atoms with Crippen LogP contribution in [0.15, 0.2) is 40.3 Å². The molecule has 6 nitrogen and oxygen atoms in total. The van der Waals surface area contributed by atoms with Gasteiger partial charge in [0.15, 0.2) is 16.7 Å². The number of aromatic amines is 1. The fourth-order valence-corrected chi connectivity index (χ4v) is 3.45. The van der Waals surface area contributed by atoms with Gasteiger partial charge in [0.25, 0.3) is 5.56 Å². The molecule has 0 saturated heterocycles. The van der Waals surface area contributed by atoms with Crippen LogP contribution in [-0.4, -0.2) is 24.7 Å². The molecule has 2 aromatic heterocycles. The number of aromatic nitrogens is 5. The first-order valence-corrected chi connectivity index (χ1v) is 9.74.